The van der Waals surface area contributed by atoms with Gasteiger partial charge in [0.25, 0.3) is 25.2 Å². The highest BCUT2D eigenvalue weighted by atomic mass is 35.5. The van der Waals surface area contributed by atoms with Gasteiger partial charge in [-0.15, -0.1) is 0 Å². The highest BCUT2D eigenvalue weighted by Gasteiger charge is 2.30. The van der Waals surface area contributed by atoms with Crippen molar-refractivity contribution in [1.82, 2.24) is 0 Å². The standard InChI is InChI=1S/C27H25ClN2O7S3/c28-21-9-11-25-23(17-21)30(13-5-15-40(34,35)36)27(38-25)18-26-29(12-4-14-39(31,32)33)22-16-20(8-10-24(22)37-26)19-6-2-1-3-7-19/h1-3,6-11,16-18H,4-5,12-15H2,(H-,31,32,33,34,35,36)/p+1. The summed E-state index contributed by atoms with van der Waals surface area (Å²) in [5.41, 5.74) is 3.53. The van der Waals surface area contributed by atoms with Crippen molar-refractivity contribution in [3.05, 3.63) is 82.6 Å². The van der Waals surface area contributed by atoms with Crippen LogP contribution in [0.4, 0.5) is 5.69 Å². The summed E-state index contributed by atoms with van der Waals surface area (Å²) in [6, 6.07) is 21.1. The first-order valence-corrected chi connectivity index (χ1v) is 16.8. The highest BCUT2D eigenvalue weighted by molar-refractivity contribution is 7.86. The van der Waals surface area contributed by atoms with Crippen LogP contribution in [0.1, 0.15) is 17.8 Å². The molecule has 40 heavy (non-hydrogen) atoms. The SMILES string of the molecule is O=S(=O)(O)CCCN1/C(=C/c2sc3ccc(Cl)cc3[n+]2CCCS(=O)(=O)O)Oc2ccc(-c3ccccc3)cc21. The molecular weight excluding hydrogens is 596 g/mol. The molecule has 0 amide bonds. The lowest BCUT2D eigenvalue weighted by molar-refractivity contribution is -0.668. The number of thiazole rings is 1. The number of aryl methyl sites for hydroxylation is 1. The first kappa shape index (κ1) is 28.5. The van der Waals surface area contributed by atoms with E-state index < -0.39 is 26.0 Å². The second kappa shape index (κ2) is 11.5. The Labute approximate surface area is 241 Å². The molecule has 1 aliphatic heterocycles. The Bertz CT molecular complexity index is 1800. The lowest BCUT2D eigenvalue weighted by Gasteiger charge is -2.18. The minimum Gasteiger partial charge on any atom is -0.438 e. The molecule has 0 saturated heterocycles. The average molecular weight is 622 g/mol. The molecular formula is C27H26ClN2O7S3+. The van der Waals surface area contributed by atoms with Gasteiger partial charge in [0.05, 0.1) is 23.3 Å². The van der Waals surface area contributed by atoms with Gasteiger partial charge in [-0.1, -0.05) is 59.3 Å². The summed E-state index contributed by atoms with van der Waals surface area (Å²) < 4.78 is 73.1. The summed E-state index contributed by atoms with van der Waals surface area (Å²) in [6.45, 7) is 0.559. The lowest BCUT2D eigenvalue weighted by atomic mass is 10.0. The molecule has 0 atom stereocenters. The molecule has 210 valence electrons. The number of benzene rings is 3. The van der Waals surface area contributed by atoms with Crippen LogP contribution in [0.5, 0.6) is 5.75 Å². The van der Waals surface area contributed by atoms with Crippen molar-refractivity contribution in [1.29, 1.82) is 0 Å². The fourth-order valence-electron chi connectivity index (χ4n) is 4.58. The predicted octanol–water partition coefficient (Wildman–Crippen LogP) is 5.26. The van der Waals surface area contributed by atoms with Crippen LogP contribution in [0.25, 0.3) is 27.4 Å². The van der Waals surface area contributed by atoms with Gasteiger partial charge in [0.15, 0.2) is 12.3 Å². The van der Waals surface area contributed by atoms with Crippen molar-refractivity contribution in [2.24, 2.45) is 0 Å². The van der Waals surface area contributed by atoms with Crippen LogP contribution >= 0.6 is 22.9 Å². The molecule has 2 heterocycles. The summed E-state index contributed by atoms with van der Waals surface area (Å²) in [5.74, 6) is 0.262. The van der Waals surface area contributed by atoms with Gasteiger partial charge in [0, 0.05) is 24.1 Å². The number of hydrogen-bond acceptors (Lipinski definition) is 7. The Balaban J connectivity index is 1.55. The summed E-state index contributed by atoms with van der Waals surface area (Å²) in [7, 11) is -8.26. The van der Waals surface area contributed by atoms with Gasteiger partial charge in [-0.3, -0.25) is 9.11 Å². The summed E-state index contributed by atoms with van der Waals surface area (Å²) in [4.78, 5) is 1.87. The van der Waals surface area contributed by atoms with E-state index in [2.05, 4.69) is 0 Å². The predicted molar refractivity (Wildman–Crippen MR) is 157 cm³/mol. The van der Waals surface area contributed by atoms with Gasteiger partial charge in [0.1, 0.15) is 4.70 Å². The van der Waals surface area contributed by atoms with Gasteiger partial charge in [0.2, 0.25) is 11.4 Å². The second-order valence-corrected chi connectivity index (χ2v) is 13.9. The van der Waals surface area contributed by atoms with E-state index in [9.17, 15) is 25.9 Å². The molecule has 3 aromatic carbocycles. The van der Waals surface area contributed by atoms with Gasteiger partial charge in [-0.25, -0.2) is 0 Å². The Kier molecular flexibility index (Phi) is 8.18. The maximum atomic E-state index is 11.4. The molecule has 0 fully saturated rings. The molecule has 0 bridgehead atoms. The smallest absolute Gasteiger partial charge is 0.268 e. The molecule has 0 unspecified atom stereocenters. The Morgan fingerprint density at radius 3 is 2.35 bits per heavy atom. The van der Waals surface area contributed by atoms with Crippen molar-refractivity contribution in [3.8, 4) is 16.9 Å². The highest BCUT2D eigenvalue weighted by Crippen LogP contribution is 2.42. The first-order chi connectivity index (χ1) is 19.0. The topological polar surface area (TPSA) is 125 Å². The molecule has 13 heteroatoms. The second-order valence-electron chi connectivity index (χ2n) is 9.27. The van der Waals surface area contributed by atoms with Gasteiger partial charge in [-0.2, -0.15) is 21.4 Å². The number of nitrogens with zero attached hydrogens (tertiary/aromatic N) is 2. The number of fused-ring (bicyclic) bond motifs is 2. The van der Waals surface area contributed by atoms with Crippen LogP contribution < -0.4 is 14.2 Å². The minimum atomic E-state index is -4.14. The zero-order valence-electron chi connectivity index (χ0n) is 21.1. The van der Waals surface area contributed by atoms with E-state index in [4.69, 9.17) is 16.3 Å². The number of anilines is 1. The van der Waals surface area contributed by atoms with Crippen LogP contribution in [-0.4, -0.2) is 44.0 Å². The van der Waals surface area contributed by atoms with E-state index >= 15 is 0 Å². The Morgan fingerprint density at radius 2 is 1.62 bits per heavy atom. The van der Waals surface area contributed by atoms with Crippen molar-refractivity contribution in [2.45, 2.75) is 19.4 Å². The molecule has 0 radical (unpaired) electrons. The minimum absolute atomic E-state index is 0.158. The van der Waals surface area contributed by atoms with E-state index in [1.807, 2.05) is 70.1 Å². The zero-order chi connectivity index (χ0) is 28.5. The van der Waals surface area contributed by atoms with Gasteiger partial charge < -0.3 is 9.64 Å². The quantitative estimate of drug-likeness (QED) is 0.181. The lowest BCUT2D eigenvalue weighted by Crippen LogP contribution is -2.36. The summed E-state index contributed by atoms with van der Waals surface area (Å²) in [6.07, 6.45) is 2.16. The third kappa shape index (κ3) is 6.82. The first-order valence-electron chi connectivity index (χ1n) is 12.4. The monoisotopic (exact) mass is 621 g/mol. The van der Waals surface area contributed by atoms with E-state index in [-0.39, 0.29) is 25.1 Å². The normalized spacial score (nSPS) is 14.6. The number of hydrogen-bond donors (Lipinski definition) is 2. The van der Waals surface area contributed by atoms with Crippen LogP contribution in [0.3, 0.4) is 0 Å². The molecule has 2 N–H and O–H groups in total. The third-order valence-corrected chi connectivity index (χ3v) is 9.30. The van der Waals surface area contributed by atoms with Crippen LogP contribution in [-0.2, 0) is 26.8 Å². The third-order valence-electron chi connectivity index (χ3n) is 6.34. The van der Waals surface area contributed by atoms with E-state index in [0.29, 0.717) is 23.2 Å². The number of rotatable bonds is 10. The molecule has 1 aliphatic rings. The Hall–Kier alpha value is -3.00. The number of ether oxygens (including phenoxy) is 1. The fourth-order valence-corrected chi connectivity index (χ4v) is 6.83. The van der Waals surface area contributed by atoms with Crippen molar-refractivity contribution >= 4 is 65.2 Å². The van der Waals surface area contributed by atoms with E-state index in [1.54, 1.807) is 12.1 Å². The largest absolute Gasteiger partial charge is 0.438 e. The van der Waals surface area contributed by atoms with E-state index in [1.165, 1.54) is 11.3 Å². The molecule has 0 aliphatic carbocycles. The fraction of sp³-hybridized carbons (Fsp3) is 0.222. The van der Waals surface area contributed by atoms with Crippen molar-refractivity contribution < 1.29 is 35.2 Å². The molecule has 5 rings (SSSR count). The van der Waals surface area contributed by atoms with Crippen molar-refractivity contribution in [3.63, 3.8) is 0 Å². The van der Waals surface area contributed by atoms with Gasteiger partial charge >= 0.3 is 0 Å². The number of halogens is 1. The van der Waals surface area contributed by atoms with Crippen LogP contribution in [0.15, 0.2) is 72.6 Å². The maximum absolute atomic E-state index is 11.4. The summed E-state index contributed by atoms with van der Waals surface area (Å²) in [5, 5.41) is 1.27. The molecule has 1 aromatic heterocycles. The molecule has 9 nitrogen and oxygen atoms in total. The summed E-state index contributed by atoms with van der Waals surface area (Å²) >= 11 is 7.72. The zero-order valence-corrected chi connectivity index (χ0v) is 24.3. The maximum Gasteiger partial charge on any atom is 0.268 e. The molecule has 0 spiro atoms. The molecule has 0 saturated carbocycles. The average Bonchev–Trinajstić information content (AvgIpc) is 3.40. The van der Waals surface area contributed by atoms with Gasteiger partial charge in [-0.05, 0) is 41.8 Å². The Morgan fingerprint density at radius 1 is 0.900 bits per heavy atom. The number of aromatic nitrogens is 1. The van der Waals surface area contributed by atoms with Crippen LogP contribution in [0.2, 0.25) is 5.02 Å². The van der Waals surface area contributed by atoms with Crippen LogP contribution in [0, 0.1) is 0 Å². The van der Waals surface area contributed by atoms with E-state index in [0.717, 1.165) is 32.0 Å². The van der Waals surface area contributed by atoms with Crippen molar-refractivity contribution in [2.75, 3.05) is 23.0 Å². The molecule has 4 aromatic rings.